The lowest BCUT2D eigenvalue weighted by Crippen LogP contribution is -2.12. The predicted octanol–water partition coefficient (Wildman–Crippen LogP) is 4.14. The summed E-state index contributed by atoms with van der Waals surface area (Å²) in [4.78, 5) is 15.1. The number of ether oxygens (including phenoxy) is 3. The van der Waals surface area contributed by atoms with E-state index >= 15 is 0 Å². The molecule has 0 saturated heterocycles. The molecule has 2 aromatic rings. The Bertz CT molecular complexity index is 919. The third-order valence-electron chi connectivity index (χ3n) is 4.60. The highest BCUT2D eigenvalue weighted by Gasteiger charge is 2.20. The highest BCUT2D eigenvalue weighted by atomic mass is 16.7. The number of nitrogens with two attached hydrogens (primary N) is 1. The second-order valence-electron chi connectivity index (χ2n) is 6.87. The van der Waals surface area contributed by atoms with Crippen LogP contribution < -0.4 is 24.8 Å². The lowest BCUT2D eigenvalue weighted by atomic mass is 9.96. The summed E-state index contributed by atoms with van der Waals surface area (Å²) < 4.78 is 16.3. The molecule has 0 amide bonds. The number of nitrogens with zero attached hydrogens (tertiary/aromatic N) is 1. The van der Waals surface area contributed by atoms with Crippen LogP contribution in [0.25, 0.3) is 6.08 Å². The number of anilines is 2. The van der Waals surface area contributed by atoms with Crippen LogP contribution in [0.2, 0.25) is 0 Å². The maximum absolute atomic E-state index is 13.1. The number of benzene rings is 2. The molecule has 1 heterocycles. The van der Waals surface area contributed by atoms with E-state index in [-0.39, 0.29) is 12.6 Å². The molecule has 0 unspecified atom stereocenters. The van der Waals surface area contributed by atoms with Gasteiger partial charge in [0, 0.05) is 25.2 Å². The normalized spacial score (nSPS) is 12.8. The summed E-state index contributed by atoms with van der Waals surface area (Å²) in [5.41, 5.74) is 9.71. The molecule has 0 spiro atoms. The molecule has 2 N–H and O–H groups in total. The molecule has 0 atom stereocenters. The van der Waals surface area contributed by atoms with E-state index in [4.69, 9.17) is 19.9 Å². The van der Waals surface area contributed by atoms with Crippen molar-refractivity contribution in [2.75, 3.05) is 38.6 Å². The van der Waals surface area contributed by atoms with Gasteiger partial charge in [0.2, 0.25) is 12.5 Å². The van der Waals surface area contributed by atoms with Crippen LogP contribution in [0.1, 0.15) is 35.7 Å². The Hall–Kier alpha value is -3.15. The molecule has 0 bridgehead atoms. The molecule has 2 aromatic carbocycles. The maximum atomic E-state index is 13.1. The number of Topliss-reactive ketones (excluding diaryl/α,β-unsaturated/α-hetero) is 1. The van der Waals surface area contributed by atoms with Gasteiger partial charge in [0.05, 0.1) is 18.5 Å². The molecule has 0 aromatic heterocycles. The van der Waals surface area contributed by atoms with Crippen LogP contribution in [0.4, 0.5) is 11.4 Å². The minimum absolute atomic E-state index is 0.0320. The van der Waals surface area contributed by atoms with Gasteiger partial charge in [-0.05, 0) is 48.4 Å². The van der Waals surface area contributed by atoms with Crippen LogP contribution in [-0.2, 0) is 0 Å². The number of carbonyl (C=O) groups is 1. The van der Waals surface area contributed by atoms with Crippen molar-refractivity contribution in [1.82, 2.24) is 0 Å². The molecule has 28 heavy (non-hydrogen) atoms. The average Bonchev–Trinajstić information content (AvgIpc) is 3.14. The molecule has 1 aliphatic heterocycles. The van der Waals surface area contributed by atoms with Crippen LogP contribution in [0, 0.1) is 0 Å². The second kappa shape index (κ2) is 8.25. The van der Waals surface area contributed by atoms with E-state index in [2.05, 4.69) is 0 Å². The van der Waals surface area contributed by atoms with E-state index in [0.29, 0.717) is 40.5 Å². The summed E-state index contributed by atoms with van der Waals surface area (Å²) in [6.45, 7) is 2.21. The summed E-state index contributed by atoms with van der Waals surface area (Å²) >= 11 is 0. The molecular weight excluding hydrogens is 356 g/mol. The Morgan fingerprint density at radius 1 is 1.25 bits per heavy atom. The van der Waals surface area contributed by atoms with Gasteiger partial charge in [-0.3, -0.25) is 4.79 Å². The number of ketones is 1. The quantitative estimate of drug-likeness (QED) is 0.441. The van der Waals surface area contributed by atoms with E-state index in [1.165, 1.54) is 0 Å². The first-order valence-corrected chi connectivity index (χ1v) is 9.24. The molecule has 1 aliphatic rings. The largest absolute Gasteiger partial charge is 0.493 e. The van der Waals surface area contributed by atoms with Crippen molar-refractivity contribution in [3.63, 3.8) is 0 Å². The van der Waals surface area contributed by atoms with Crippen molar-refractivity contribution >= 4 is 23.2 Å². The number of methoxy groups -OCH3 is 1. The minimum Gasteiger partial charge on any atom is -0.493 e. The van der Waals surface area contributed by atoms with Gasteiger partial charge in [0.1, 0.15) is 0 Å². The van der Waals surface area contributed by atoms with Gasteiger partial charge in [-0.2, -0.15) is 0 Å². The van der Waals surface area contributed by atoms with Crippen molar-refractivity contribution in [1.29, 1.82) is 0 Å². The molecular formula is C22H26N2O4. The van der Waals surface area contributed by atoms with Gasteiger partial charge < -0.3 is 24.8 Å². The SMILES string of the molecule is CCCC(=Cc1cc(OC)c2c(c1)OCO2)C(=O)c1ccc(N(C)C)c(N)c1. The topological polar surface area (TPSA) is 74.0 Å². The number of fused-ring (bicyclic) bond motifs is 1. The molecule has 148 valence electrons. The van der Waals surface area contributed by atoms with E-state index in [1.807, 2.05) is 56.3 Å². The maximum Gasteiger partial charge on any atom is 0.231 e. The molecule has 6 nitrogen and oxygen atoms in total. The lowest BCUT2D eigenvalue weighted by molar-refractivity contribution is 0.103. The number of nitrogen functional groups attached to an aromatic ring is 1. The summed E-state index contributed by atoms with van der Waals surface area (Å²) in [6.07, 6.45) is 3.39. The standard InChI is InChI=1S/C22H26N2O4/c1-5-6-15(21(25)16-7-8-18(24(2)3)17(23)12-16)9-14-10-19(26-4)22-20(11-14)27-13-28-22/h7-12H,5-6,13,23H2,1-4H3. The molecule has 0 radical (unpaired) electrons. The zero-order chi connectivity index (χ0) is 20.3. The van der Waals surface area contributed by atoms with Gasteiger partial charge in [-0.1, -0.05) is 13.3 Å². The Kier molecular flexibility index (Phi) is 5.78. The molecule has 3 rings (SSSR count). The van der Waals surface area contributed by atoms with Crippen molar-refractivity contribution in [2.45, 2.75) is 19.8 Å². The van der Waals surface area contributed by atoms with Crippen LogP contribution in [0.15, 0.2) is 35.9 Å². The van der Waals surface area contributed by atoms with Gasteiger partial charge in [-0.25, -0.2) is 0 Å². The Morgan fingerprint density at radius 3 is 2.68 bits per heavy atom. The van der Waals surface area contributed by atoms with E-state index < -0.39 is 0 Å². The van der Waals surface area contributed by atoms with Gasteiger partial charge >= 0.3 is 0 Å². The summed E-state index contributed by atoms with van der Waals surface area (Å²) in [7, 11) is 5.42. The number of hydrogen-bond donors (Lipinski definition) is 1. The van der Waals surface area contributed by atoms with E-state index in [0.717, 1.165) is 17.7 Å². The number of hydrogen-bond acceptors (Lipinski definition) is 6. The molecule has 0 fully saturated rings. The third-order valence-corrected chi connectivity index (χ3v) is 4.60. The number of allylic oxidation sites excluding steroid dienone is 1. The fourth-order valence-electron chi connectivity index (χ4n) is 3.24. The van der Waals surface area contributed by atoms with Crippen LogP contribution >= 0.6 is 0 Å². The van der Waals surface area contributed by atoms with Crippen LogP contribution in [0.5, 0.6) is 17.2 Å². The van der Waals surface area contributed by atoms with E-state index in [9.17, 15) is 4.79 Å². The average molecular weight is 382 g/mol. The van der Waals surface area contributed by atoms with Gasteiger partial charge in [-0.15, -0.1) is 0 Å². The summed E-state index contributed by atoms with van der Waals surface area (Å²) in [5, 5.41) is 0. The van der Waals surface area contributed by atoms with Crippen molar-refractivity contribution in [3.05, 3.63) is 47.0 Å². The van der Waals surface area contributed by atoms with E-state index in [1.54, 1.807) is 13.2 Å². The first-order valence-electron chi connectivity index (χ1n) is 9.24. The smallest absolute Gasteiger partial charge is 0.231 e. The first kappa shape index (κ1) is 19.6. The van der Waals surface area contributed by atoms with Crippen LogP contribution in [0.3, 0.4) is 0 Å². The first-order chi connectivity index (χ1) is 13.4. The third kappa shape index (κ3) is 3.91. The summed E-state index contributed by atoms with van der Waals surface area (Å²) in [6, 6.07) is 9.13. The summed E-state index contributed by atoms with van der Waals surface area (Å²) in [5.74, 6) is 1.77. The zero-order valence-corrected chi connectivity index (χ0v) is 16.7. The minimum atomic E-state index is -0.0320. The molecule has 0 aliphatic carbocycles. The van der Waals surface area contributed by atoms with Crippen LogP contribution in [-0.4, -0.2) is 33.8 Å². The van der Waals surface area contributed by atoms with Gasteiger partial charge in [0.25, 0.3) is 0 Å². The van der Waals surface area contributed by atoms with Crippen molar-refractivity contribution in [3.8, 4) is 17.2 Å². The fourth-order valence-corrected chi connectivity index (χ4v) is 3.24. The fraction of sp³-hybridized carbons (Fsp3) is 0.318. The molecule has 6 heteroatoms. The number of carbonyl (C=O) groups excluding carboxylic acids is 1. The van der Waals surface area contributed by atoms with Gasteiger partial charge in [0.15, 0.2) is 17.3 Å². The Balaban J connectivity index is 1.97. The molecule has 0 saturated carbocycles. The second-order valence-corrected chi connectivity index (χ2v) is 6.87. The monoisotopic (exact) mass is 382 g/mol. The zero-order valence-electron chi connectivity index (χ0n) is 16.7. The van der Waals surface area contributed by atoms with Crippen molar-refractivity contribution < 1.29 is 19.0 Å². The lowest BCUT2D eigenvalue weighted by Gasteiger charge is -2.16. The predicted molar refractivity (Wildman–Crippen MR) is 112 cm³/mol. The van der Waals surface area contributed by atoms with Crippen molar-refractivity contribution in [2.24, 2.45) is 0 Å². The highest BCUT2D eigenvalue weighted by Crippen LogP contribution is 2.42. The Labute approximate surface area is 165 Å². The number of rotatable bonds is 7. The highest BCUT2D eigenvalue weighted by molar-refractivity contribution is 6.12. The Morgan fingerprint density at radius 2 is 2.04 bits per heavy atom.